The Morgan fingerprint density at radius 3 is 2.33 bits per heavy atom. The number of carbonyl (C=O) groups is 2. The van der Waals surface area contributed by atoms with Crippen molar-refractivity contribution >= 4 is 52.2 Å². The maximum atomic E-state index is 12.9. The lowest BCUT2D eigenvalue weighted by Crippen LogP contribution is -2.25. The van der Waals surface area contributed by atoms with Gasteiger partial charge in [0, 0.05) is 25.5 Å². The van der Waals surface area contributed by atoms with Crippen molar-refractivity contribution in [3.05, 3.63) is 53.3 Å². The minimum Gasteiger partial charge on any atom is -0.376 e. The van der Waals surface area contributed by atoms with Gasteiger partial charge in [-0.3, -0.25) is 9.59 Å². The number of thioether (sulfide) groups is 1. The van der Waals surface area contributed by atoms with Crippen LogP contribution >= 0.6 is 23.4 Å². The van der Waals surface area contributed by atoms with Crippen molar-refractivity contribution in [2.75, 3.05) is 35.4 Å². The predicted molar refractivity (Wildman–Crippen MR) is 111 cm³/mol. The Bertz CT molecular complexity index is 815. The van der Waals surface area contributed by atoms with Crippen LogP contribution in [0.3, 0.4) is 0 Å². The van der Waals surface area contributed by atoms with Gasteiger partial charge >= 0.3 is 0 Å². The van der Waals surface area contributed by atoms with Gasteiger partial charge in [-0.05, 0) is 49.4 Å². The molecule has 2 aromatic rings. The summed E-state index contributed by atoms with van der Waals surface area (Å²) in [7, 11) is 3.77. The first kappa shape index (κ1) is 21.1. The van der Waals surface area contributed by atoms with Crippen LogP contribution in [0.5, 0.6) is 0 Å². The summed E-state index contributed by atoms with van der Waals surface area (Å²) in [5, 5.41) is 5.55. The number of halogens is 2. The largest absolute Gasteiger partial charge is 0.376 e. The van der Waals surface area contributed by atoms with Gasteiger partial charge in [-0.2, -0.15) is 0 Å². The first-order valence-electron chi connectivity index (χ1n) is 8.21. The molecule has 144 valence electrons. The third kappa shape index (κ3) is 6.45. The van der Waals surface area contributed by atoms with Crippen molar-refractivity contribution in [1.82, 2.24) is 0 Å². The molecular weight excluding hydrogens is 389 g/mol. The normalized spacial score (nSPS) is 11.6. The molecular formula is C19H21ClFN3O2S. The highest BCUT2D eigenvalue weighted by Crippen LogP contribution is 2.27. The van der Waals surface area contributed by atoms with Gasteiger partial charge in [0.15, 0.2) is 0 Å². The summed E-state index contributed by atoms with van der Waals surface area (Å²) in [4.78, 5) is 26.1. The van der Waals surface area contributed by atoms with Crippen LogP contribution in [0, 0.1) is 5.82 Å². The zero-order chi connectivity index (χ0) is 20.0. The summed E-state index contributed by atoms with van der Waals surface area (Å²) >= 11 is 7.41. The first-order valence-corrected chi connectivity index (χ1v) is 9.63. The predicted octanol–water partition coefficient (Wildman–Crippen LogP) is 4.24. The standard InChI is InChI=1S/C19H21ClFN3O2S/c1-12(27-11-18(25)22-14-6-4-13(21)5-7-14)19(26)23-15-8-9-17(24(2)3)16(20)10-15/h4-10,12H,11H2,1-3H3,(H,22,25)(H,23,26). The molecule has 0 saturated carbocycles. The van der Waals surface area contributed by atoms with Gasteiger partial charge in [0.1, 0.15) is 5.82 Å². The van der Waals surface area contributed by atoms with Gasteiger partial charge in [0.05, 0.1) is 21.7 Å². The van der Waals surface area contributed by atoms with Gasteiger partial charge in [-0.1, -0.05) is 11.6 Å². The maximum Gasteiger partial charge on any atom is 0.237 e. The lowest BCUT2D eigenvalue weighted by molar-refractivity contribution is -0.115. The number of amides is 2. The van der Waals surface area contributed by atoms with E-state index in [2.05, 4.69) is 10.6 Å². The van der Waals surface area contributed by atoms with Crippen molar-refractivity contribution in [3.63, 3.8) is 0 Å². The summed E-state index contributed by atoms with van der Waals surface area (Å²) in [6, 6.07) is 10.8. The molecule has 1 atom stereocenters. The van der Waals surface area contributed by atoms with E-state index >= 15 is 0 Å². The third-order valence-electron chi connectivity index (χ3n) is 3.66. The monoisotopic (exact) mass is 409 g/mol. The van der Waals surface area contributed by atoms with Crippen molar-refractivity contribution in [1.29, 1.82) is 0 Å². The molecule has 0 radical (unpaired) electrons. The van der Waals surface area contributed by atoms with Crippen LogP contribution in [0.4, 0.5) is 21.5 Å². The molecule has 2 amide bonds. The molecule has 2 rings (SSSR count). The number of hydrogen-bond acceptors (Lipinski definition) is 4. The molecule has 0 aliphatic carbocycles. The van der Waals surface area contributed by atoms with E-state index in [1.165, 1.54) is 36.0 Å². The Kier molecular flexibility index (Phi) is 7.50. The molecule has 0 fully saturated rings. The quantitative estimate of drug-likeness (QED) is 0.717. The second-order valence-corrected chi connectivity index (χ2v) is 7.79. The van der Waals surface area contributed by atoms with E-state index in [0.717, 1.165) is 5.69 Å². The second-order valence-electron chi connectivity index (χ2n) is 6.06. The minimum absolute atomic E-state index is 0.103. The minimum atomic E-state index is -0.434. The van der Waals surface area contributed by atoms with Gasteiger partial charge in [0.2, 0.25) is 11.8 Å². The Hall–Kier alpha value is -2.25. The van der Waals surface area contributed by atoms with Crippen LogP contribution in [-0.2, 0) is 9.59 Å². The maximum absolute atomic E-state index is 12.9. The SMILES string of the molecule is CC(SCC(=O)Nc1ccc(F)cc1)C(=O)Nc1ccc(N(C)C)c(Cl)c1. The van der Waals surface area contributed by atoms with Crippen molar-refractivity contribution in [3.8, 4) is 0 Å². The average molecular weight is 410 g/mol. The summed E-state index contributed by atoms with van der Waals surface area (Å²) in [5.74, 6) is -0.744. The molecule has 0 spiro atoms. The van der Waals surface area contributed by atoms with Crippen LogP contribution in [-0.4, -0.2) is 36.9 Å². The van der Waals surface area contributed by atoms with Crippen LogP contribution in [0.2, 0.25) is 5.02 Å². The molecule has 27 heavy (non-hydrogen) atoms. The Morgan fingerprint density at radius 2 is 1.74 bits per heavy atom. The Balaban J connectivity index is 1.83. The molecule has 5 nitrogen and oxygen atoms in total. The number of benzene rings is 2. The molecule has 0 saturated heterocycles. The highest BCUT2D eigenvalue weighted by atomic mass is 35.5. The van der Waals surface area contributed by atoms with Crippen LogP contribution < -0.4 is 15.5 Å². The molecule has 0 heterocycles. The Labute approximate surface area is 167 Å². The lowest BCUT2D eigenvalue weighted by atomic mass is 10.2. The molecule has 1 unspecified atom stereocenters. The van der Waals surface area contributed by atoms with E-state index in [4.69, 9.17) is 11.6 Å². The van der Waals surface area contributed by atoms with E-state index in [1.54, 1.807) is 19.1 Å². The van der Waals surface area contributed by atoms with E-state index in [9.17, 15) is 14.0 Å². The molecule has 0 aliphatic heterocycles. The van der Waals surface area contributed by atoms with Gasteiger partial charge in [0.25, 0.3) is 0 Å². The fraction of sp³-hybridized carbons (Fsp3) is 0.263. The number of anilines is 3. The smallest absolute Gasteiger partial charge is 0.237 e. The zero-order valence-corrected chi connectivity index (χ0v) is 16.8. The number of nitrogens with one attached hydrogen (secondary N) is 2. The third-order valence-corrected chi connectivity index (χ3v) is 5.10. The topological polar surface area (TPSA) is 61.4 Å². The average Bonchev–Trinajstić information content (AvgIpc) is 2.61. The summed E-state index contributed by atoms with van der Waals surface area (Å²) < 4.78 is 12.9. The van der Waals surface area contributed by atoms with E-state index < -0.39 is 5.25 Å². The second kappa shape index (κ2) is 9.62. The fourth-order valence-corrected chi connectivity index (χ4v) is 3.23. The van der Waals surface area contributed by atoms with Crippen LogP contribution in [0.1, 0.15) is 6.92 Å². The summed E-state index contributed by atoms with van der Waals surface area (Å²) in [5.41, 5.74) is 1.96. The van der Waals surface area contributed by atoms with Crippen LogP contribution in [0.25, 0.3) is 0 Å². The van der Waals surface area contributed by atoms with Crippen molar-refractivity contribution < 1.29 is 14.0 Å². The van der Waals surface area contributed by atoms with Crippen molar-refractivity contribution in [2.24, 2.45) is 0 Å². The lowest BCUT2D eigenvalue weighted by Gasteiger charge is -2.16. The molecule has 2 N–H and O–H groups in total. The Morgan fingerprint density at radius 1 is 1.11 bits per heavy atom. The zero-order valence-electron chi connectivity index (χ0n) is 15.3. The molecule has 0 bridgehead atoms. The van der Waals surface area contributed by atoms with Gasteiger partial charge in [-0.15, -0.1) is 11.8 Å². The van der Waals surface area contributed by atoms with E-state index in [1.807, 2.05) is 25.1 Å². The fourth-order valence-electron chi connectivity index (χ4n) is 2.20. The number of rotatable bonds is 7. The number of nitrogens with zero attached hydrogens (tertiary/aromatic N) is 1. The van der Waals surface area contributed by atoms with Crippen molar-refractivity contribution in [2.45, 2.75) is 12.2 Å². The number of carbonyl (C=O) groups excluding carboxylic acids is 2. The molecule has 0 aromatic heterocycles. The molecule has 2 aromatic carbocycles. The molecule has 8 heteroatoms. The molecule has 0 aliphatic rings. The van der Waals surface area contributed by atoms with Gasteiger partial charge in [-0.25, -0.2) is 4.39 Å². The number of hydrogen-bond donors (Lipinski definition) is 2. The highest BCUT2D eigenvalue weighted by Gasteiger charge is 2.16. The van der Waals surface area contributed by atoms with Crippen LogP contribution in [0.15, 0.2) is 42.5 Å². The summed E-state index contributed by atoms with van der Waals surface area (Å²) in [6.45, 7) is 1.72. The van der Waals surface area contributed by atoms with E-state index in [0.29, 0.717) is 16.4 Å². The van der Waals surface area contributed by atoms with Gasteiger partial charge < -0.3 is 15.5 Å². The summed E-state index contributed by atoms with van der Waals surface area (Å²) in [6.07, 6.45) is 0. The van der Waals surface area contributed by atoms with E-state index in [-0.39, 0.29) is 23.4 Å². The highest BCUT2D eigenvalue weighted by molar-refractivity contribution is 8.01. The first-order chi connectivity index (χ1) is 12.8.